The van der Waals surface area contributed by atoms with Gasteiger partial charge in [0.2, 0.25) is 0 Å². The van der Waals surface area contributed by atoms with Crippen LogP contribution in [0.15, 0.2) is 29.7 Å². The van der Waals surface area contributed by atoms with Crippen molar-refractivity contribution >= 4 is 11.8 Å². The highest BCUT2D eigenvalue weighted by atomic mass is 32.2. The van der Waals surface area contributed by atoms with Crippen LogP contribution in [-0.4, -0.2) is 21.4 Å². The number of aryl methyl sites for hydroxylation is 1. The van der Waals surface area contributed by atoms with E-state index in [0.29, 0.717) is 6.61 Å². The second-order valence-electron chi connectivity index (χ2n) is 4.54. The summed E-state index contributed by atoms with van der Waals surface area (Å²) in [7, 11) is 1.89. The Hall–Kier alpha value is -1.53. The molecule has 0 aliphatic carbocycles. The molecule has 0 aliphatic rings. The molecule has 108 valence electrons. The van der Waals surface area contributed by atoms with E-state index in [9.17, 15) is 0 Å². The van der Waals surface area contributed by atoms with E-state index in [1.54, 1.807) is 22.8 Å². The van der Waals surface area contributed by atoms with Gasteiger partial charge in [-0.2, -0.15) is 5.10 Å². The van der Waals surface area contributed by atoms with Gasteiger partial charge in [0.25, 0.3) is 0 Å². The Morgan fingerprint density at radius 1 is 1.45 bits per heavy atom. The number of thioether (sulfide) groups is 1. The maximum atomic E-state index is 5.95. The van der Waals surface area contributed by atoms with Crippen molar-refractivity contribution in [1.82, 2.24) is 14.8 Å². The van der Waals surface area contributed by atoms with E-state index in [-0.39, 0.29) is 6.04 Å². The lowest BCUT2D eigenvalue weighted by Gasteiger charge is -2.13. The number of benzene rings is 1. The summed E-state index contributed by atoms with van der Waals surface area (Å²) < 4.78 is 7.44. The van der Waals surface area contributed by atoms with E-state index < -0.39 is 0 Å². The van der Waals surface area contributed by atoms with Gasteiger partial charge in [0.15, 0.2) is 5.16 Å². The van der Waals surface area contributed by atoms with Crippen LogP contribution in [0.3, 0.4) is 0 Å². The number of aromatic nitrogens is 3. The van der Waals surface area contributed by atoms with Crippen LogP contribution in [0, 0.1) is 0 Å². The molecule has 0 saturated heterocycles. The highest BCUT2D eigenvalue weighted by Gasteiger charge is 2.10. The Morgan fingerprint density at radius 2 is 2.25 bits per heavy atom. The van der Waals surface area contributed by atoms with Gasteiger partial charge >= 0.3 is 0 Å². The van der Waals surface area contributed by atoms with E-state index in [2.05, 4.69) is 16.1 Å². The monoisotopic (exact) mass is 292 g/mol. The largest absolute Gasteiger partial charge is 0.494 e. The highest BCUT2D eigenvalue weighted by molar-refractivity contribution is 7.98. The fourth-order valence-electron chi connectivity index (χ4n) is 1.85. The average molecular weight is 292 g/mol. The Labute approximate surface area is 123 Å². The molecule has 6 heteroatoms. The third-order valence-electron chi connectivity index (χ3n) is 2.94. The van der Waals surface area contributed by atoms with Crippen molar-refractivity contribution in [3.05, 3.63) is 35.7 Å². The normalized spacial score (nSPS) is 12.4. The highest BCUT2D eigenvalue weighted by Crippen LogP contribution is 2.29. The number of ether oxygens (including phenoxy) is 1. The predicted octanol–water partition coefficient (Wildman–Crippen LogP) is 2.53. The second-order valence-corrected chi connectivity index (χ2v) is 5.49. The van der Waals surface area contributed by atoms with Crippen LogP contribution in [0.5, 0.6) is 5.75 Å². The minimum absolute atomic E-state index is 0.0178. The van der Waals surface area contributed by atoms with Crippen molar-refractivity contribution in [1.29, 1.82) is 0 Å². The van der Waals surface area contributed by atoms with Gasteiger partial charge in [-0.1, -0.05) is 17.8 Å². The maximum absolute atomic E-state index is 5.95. The molecule has 1 aromatic heterocycles. The summed E-state index contributed by atoms with van der Waals surface area (Å²) in [5, 5.41) is 4.95. The van der Waals surface area contributed by atoms with Crippen LogP contribution in [0.25, 0.3) is 0 Å². The molecular weight excluding hydrogens is 272 g/mol. The molecular formula is C14H20N4OS. The zero-order chi connectivity index (χ0) is 14.5. The van der Waals surface area contributed by atoms with Gasteiger partial charge in [-0.15, -0.1) is 0 Å². The maximum Gasteiger partial charge on any atom is 0.186 e. The molecule has 1 atom stereocenters. The van der Waals surface area contributed by atoms with Crippen LogP contribution in [-0.2, 0) is 12.8 Å². The summed E-state index contributed by atoms with van der Waals surface area (Å²) >= 11 is 1.64. The van der Waals surface area contributed by atoms with Crippen LogP contribution < -0.4 is 10.5 Å². The molecule has 2 aromatic rings. The molecule has 0 fully saturated rings. The average Bonchev–Trinajstić information content (AvgIpc) is 2.83. The fraction of sp³-hybridized carbons (Fsp3) is 0.429. The molecule has 1 unspecified atom stereocenters. The SMILES string of the molecule is CCOc1ccc(C(C)N)cc1CSc1ncnn1C. The van der Waals surface area contributed by atoms with E-state index in [4.69, 9.17) is 10.5 Å². The van der Waals surface area contributed by atoms with Gasteiger partial charge < -0.3 is 10.5 Å². The van der Waals surface area contributed by atoms with Crippen molar-refractivity contribution < 1.29 is 4.74 Å². The quantitative estimate of drug-likeness (QED) is 0.829. The molecule has 2 N–H and O–H groups in total. The molecule has 0 spiro atoms. The number of hydrogen-bond donors (Lipinski definition) is 1. The first-order valence-electron chi connectivity index (χ1n) is 6.59. The van der Waals surface area contributed by atoms with Crippen LogP contribution in [0.2, 0.25) is 0 Å². The van der Waals surface area contributed by atoms with E-state index >= 15 is 0 Å². The van der Waals surface area contributed by atoms with Crippen molar-refractivity contribution in [3.63, 3.8) is 0 Å². The minimum Gasteiger partial charge on any atom is -0.494 e. The molecule has 1 heterocycles. The summed E-state index contributed by atoms with van der Waals surface area (Å²) in [5.74, 6) is 1.69. The lowest BCUT2D eigenvalue weighted by Crippen LogP contribution is -2.06. The van der Waals surface area contributed by atoms with Crippen molar-refractivity contribution in [2.75, 3.05) is 6.61 Å². The van der Waals surface area contributed by atoms with Gasteiger partial charge in [0, 0.05) is 24.4 Å². The third-order valence-corrected chi connectivity index (χ3v) is 4.02. The predicted molar refractivity (Wildman–Crippen MR) is 80.8 cm³/mol. The van der Waals surface area contributed by atoms with E-state index in [1.165, 1.54) is 0 Å². The molecule has 0 bridgehead atoms. The first-order valence-corrected chi connectivity index (χ1v) is 7.58. The number of rotatable bonds is 6. The summed E-state index contributed by atoms with van der Waals surface area (Å²) in [6.07, 6.45) is 1.56. The fourth-order valence-corrected chi connectivity index (χ4v) is 2.72. The van der Waals surface area contributed by atoms with Gasteiger partial charge in [-0.05, 0) is 31.5 Å². The Kier molecular flexibility index (Phi) is 5.03. The van der Waals surface area contributed by atoms with Crippen LogP contribution >= 0.6 is 11.8 Å². The third kappa shape index (κ3) is 3.52. The molecule has 1 aromatic carbocycles. The molecule has 0 amide bonds. The van der Waals surface area contributed by atoms with Crippen LogP contribution in [0.1, 0.15) is 31.0 Å². The molecule has 2 rings (SSSR count). The molecule has 0 radical (unpaired) electrons. The first kappa shape index (κ1) is 14.9. The van der Waals surface area contributed by atoms with Crippen LogP contribution in [0.4, 0.5) is 0 Å². The van der Waals surface area contributed by atoms with Gasteiger partial charge in [0.1, 0.15) is 12.1 Å². The smallest absolute Gasteiger partial charge is 0.186 e. The number of hydrogen-bond acceptors (Lipinski definition) is 5. The zero-order valence-electron chi connectivity index (χ0n) is 12.0. The zero-order valence-corrected chi connectivity index (χ0v) is 12.9. The lowest BCUT2D eigenvalue weighted by molar-refractivity contribution is 0.337. The standard InChI is InChI=1S/C14H20N4OS/c1-4-19-13-6-5-11(10(2)15)7-12(13)8-20-14-16-9-17-18(14)3/h5-7,9-10H,4,8,15H2,1-3H3. The Bertz CT molecular complexity index is 568. The number of nitrogens with zero attached hydrogens (tertiary/aromatic N) is 3. The summed E-state index contributed by atoms with van der Waals surface area (Å²) in [4.78, 5) is 4.21. The summed E-state index contributed by atoms with van der Waals surface area (Å²) in [6, 6.07) is 6.14. The molecule has 5 nitrogen and oxygen atoms in total. The van der Waals surface area contributed by atoms with Gasteiger partial charge in [0.05, 0.1) is 6.61 Å². The summed E-state index contributed by atoms with van der Waals surface area (Å²) in [5.41, 5.74) is 8.19. The van der Waals surface area contributed by atoms with Crippen molar-refractivity contribution in [3.8, 4) is 5.75 Å². The Morgan fingerprint density at radius 3 is 2.85 bits per heavy atom. The summed E-state index contributed by atoms with van der Waals surface area (Å²) in [6.45, 7) is 4.62. The molecule has 20 heavy (non-hydrogen) atoms. The van der Waals surface area contributed by atoms with Gasteiger partial charge in [-0.25, -0.2) is 9.67 Å². The van der Waals surface area contributed by atoms with E-state index in [0.717, 1.165) is 27.8 Å². The van der Waals surface area contributed by atoms with Gasteiger partial charge in [-0.3, -0.25) is 0 Å². The molecule has 0 aliphatic heterocycles. The Balaban J connectivity index is 2.18. The van der Waals surface area contributed by atoms with Crippen molar-refractivity contribution in [2.45, 2.75) is 30.8 Å². The second kappa shape index (κ2) is 6.76. The van der Waals surface area contributed by atoms with E-state index in [1.807, 2.05) is 33.0 Å². The van der Waals surface area contributed by atoms with Crippen molar-refractivity contribution in [2.24, 2.45) is 12.8 Å². The first-order chi connectivity index (χ1) is 9.61. The lowest BCUT2D eigenvalue weighted by atomic mass is 10.1. The number of nitrogens with two attached hydrogens (primary N) is 1. The minimum atomic E-state index is 0.0178. The molecule has 0 saturated carbocycles. The topological polar surface area (TPSA) is 66.0 Å².